The van der Waals surface area contributed by atoms with Crippen LogP contribution in [-0.2, 0) is 14.8 Å². The van der Waals surface area contributed by atoms with Crippen molar-refractivity contribution in [3.8, 4) is 0 Å². The Kier molecular flexibility index (Phi) is 4.39. The van der Waals surface area contributed by atoms with E-state index in [9.17, 15) is 13.2 Å². The first-order valence-electron chi connectivity index (χ1n) is 7.30. The molecule has 2 N–H and O–H groups in total. The fourth-order valence-electron chi connectivity index (χ4n) is 2.47. The predicted octanol–water partition coefficient (Wildman–Crippen LogP) is 1.68. The molecule has 0 spiro atoms. The first-order chi connectivity index (χ1) is 10.5. The monoisotopic (exact) mass is 338 g/mol. The van der Waals surface area contributed by atoms with E-state index in [0.29, 0.717) is 12.2 Å². The van der Waals surface area contributed by atoms with Crippen LogP contribution >= 0.6 is 0 Å². The number of hydrogen-bond acceptors (Lipinski definition) is 4. The first kappa shape index (κ1) is 17.3. The predicted molar refractivity (Wildman–Crippen MR) is 88.8 cm³/mol. The summed E-state index contributed by atoms with van der Waals surface area (Å²) < 4.78 is 26.6. The lowest BCUT2D eigenvalue weighted by molar-refractivity contribution is -0.114. The molecule has 1 heterocycles. The molecule has 1 amide bonds. The number of carbonyl (C=O) groups is 1. The van der Waals surface area contributed by atoms with Gasteiger partial charge in [-0.3, -0.25) is 10.2 Å². The molecule has 1 aliphatic rings. The SMILES string of the molecule is CC(=O)Nc1ccc(S(=O)(=O)N2CCN(C(C)(C)C)C2=N)cc1. The van der Waals surface area contributed by atoms with Crippen LogP contribution in [-0.4, -0.2) is 48.1 Å². The van der Waals surface area contributed by atoms with Gasteiger partial charge in [0.05, 0.1) is 11.4 Å². The molecule has 2 rings (SSSR count). The van der Waals surface area contributed by atoms with Gasteiger partial charge in [0.15, 0.2) is 0 Å². The van der Waals surface area contributed by atoms with Crippen LogP contribution in [0.5, 0.6) is 0 Å². The Morgan fingerprint density at radius 1 is 1.17 bits per heavy atom. The van der Waals surface area contributed by atoms with Crippen molar-refractivity contribution in [1.29, 1.82) is 5.41 Å². The summed E-state index contributed by atoms with van der Waals surface area (Å²) in [5.41, 5.74) is 0.223. The molecule has 1 aromatic carbocycles. The van der Waals surface area contributed by atoms with Crippen molar-refractivity contribution < 1.29 is 13.2 Å². The van der Waals surface area contributed by atoms with Crippen LogP contribution in [0.15, 0.2) is 29.2 Å². The van der Waals surface area contributed by atoms with Crippen LogP contribution in [0, 0.1) is 5.41 Å². The van der Waals surface area contributed by atoms with E-state index in [-0.39, 0.29) is 28.8 Å². The number of benzene rings is 1. The second kappa shape index (κ2) is 5.84. The third kappa shape index (κ3) is 3.47. The quantitative estimate of drug-likeness (QED) is 0.877. The van der Waals surface area contributed by atoms with Crippen molar-refractivity contribution in [2.75, 3.05) is 18.4 Å². The van der Waals surface area contributed by atoms with Gasteiger partial charge >= 0.3 is 0 Å². The molecule has 23 heavy (non-hydrogen) atoms. The second-order valence-corrected chi connectivity index (χ2v) is 8.29. The lowest BCUT2D eigenvalue weighted by Gasteiger charge is -2.33. The van der Waals surface area contributed by atoms with Gasteiger partial charge in [-0.05, 0) is 45.0 Å². The van der Waals surface area contributed by atoms with Crippen LogP contribution in [0.3, 0.4) is 0 Å². The molecule has 8 heteroatoms. The zero-order valence-electron chi connectivity index (χ0n) is 13.8. The molecule has 126 valence electrons. The second-order valence-electron chi connectivity index (χ2n) is 6.43. The number of guanidine groups is 1. The summed E-state index contributed by atoms with van der Waals surface area (Å²) in [6.07, 6.45) is 0. The van der Waals surface area contributed by atoms with Crippen LogP contribution in [0.25, 0.3) is 0 Å². The Bertz CT molecular complexity index is 720. The summed E-state index contributed by atoms with van der Waals surface area (Å²) in [5.74, 6) is -0.230. The summed E-state index contributed by atoms with van der Waals surface area (Å²) in [7, 11) is -3.77. The minimum Gasteiger partial charge on any atom is -0.336 e. The van der Waals surface area contributed by atoms with Crippen molar-refractivity contribution >= 4 is 27.6 Å². The maximum atomic E-state index is 12.7. The van der Waals surface area contributed by atoms with E-state index in [1.165, 1.54) is 31.2 Å². The largest absolute Gasteiger partial charge is 0.336 e. The zero-order chi connectivity index (χ0) is 17.4. The van der Waals surface area contributed by atoms with Gasteiger partial charge in [0.2, 0.25) is 11.9 Å². The number of amides is 1. The van der Waals surface area contributed by atoms with Crippen LogP contribution in [0.1, 0.15) is 27.7 Å². The fraction of sp³-hybridized carbons (Fsp3) is 0.467. The molecule has 1 aromatic rings. The molecule has 0 atom stereocenters. The molecular weight excluding hydrogens is 316 g/mol. The van der Waals surface area contributed by atoms with Gasteiger partial charge in [-0.25, -0.2) is 12.7 Å². The van der Waals surface area contributed by atoms with Crippen molar-refractivity contribution in [1.82, 2.24) is 9.21 Å². The molecule has 0 aliphatic carbocycles. The van der Waals surface area contributed by atoms with E-state index in [2.05, 4.69) is 5.32 Å². The molecule has 1 aliphatic heterocycles. The number of hydrogen-bond donors (Lipinski definition) is 2. The highest BCUT2D eigenvalue weighted by Gasteiger charge is 2.39. The van der Waals surface area contributed by atoms with Gasteiger partial charge in [0.25, 0.3) is 10.0 Å². The van der Waals surface area contributed by atoms with Crippen molar-refractivity contribution in [2.24, 2.45) is 0 Å². The Morgan fingerprint density at radius 2 is 1.74 bits per heavy atom. The summed E-state index contributed by atoms with van der Waals surface area (Å²) in [5, 5.41) is 10.8. The Balaban J connectivity index is 2.26. The van der Waals surface area contributed by atoms with Gasteiger partial charge < -0.3 is 10.2 Å². The average Bonchev–Trinajstić information content (AvgIpc) is 2.81. The third-order valence-corrected chi connectivity index (χ3v) is 5.39. The van der Waals surface area contributed by atoms with Gasteiger partial charge in [-0.2, -0.15) is 0 Å². The minimum absolute atomic E-state index is 0.0107. The number of sulfonamides is 1. The molecular formula is C15H22N4O3S. The van der Waals surface area contributed by atoms with E-state index in [0.717, 1.165) is 4.31 Å². The van der Waals surface area contributed by atoms with Gasteiger partial charge in [0.1, 0.15) is 0 Å². The van der Waals surface area contributed by atoms with E-state index in [1.807, 2.05) is 20.8 Å². The molecule has 0 saturated carbocycles. The molecule has 7 nitrogen and oxygen atoms in total. The molecule has 1 saturated heterocycles. The Morgan fingerprint density at radius 3 is 2.17 bits per heavy atom. The summed E-state index contributed by atoms with van der Waals surface area (Å²) in [4.78, 5) is 12.9. The molecule has 0 radical (unpaired) electrons. The zero-order valence-corrected chi connectivity index (χ0v) is 14.6. The van der Waals surface area contributed by atoms with E-state index >= 15 is 0 Å². The van der Waals surface area contributed by atoms with Crippen LogP contribution in [0.2, 0.25) is 0 Å². The van der Waals surface area contributed by atoms with E-state index < -0.39 is 10.0 Å². The van der Waals surface area contributed by atoms with Crippen LogP contribution < -0.4 is 5.32 Å². The van der Waals surface area contributed by atoms with Gasteiger partial charge in [0, 0.05) is 24.7 Å². The topological polar surface area (TPSA) is 93.6 Å². The van der Waals surface area contributed by atoms with Crippen molar-refractivity contribution in [2.45, 2.75) is 38.1 Å². The summed E-state index contributed by atoms with van der Waals surface area (Å²) >= 11 is 0. The summed E-state index contributed by atoms with van der Waals surface area (Å²) in [6.45, 7) is 7.97. The number of nitrogens with one attached hydrogen (secondary N) is 2. The Labute approximate surface area is 136 Å². The van der Waals surface area contributed by atoms with Gasteiger partial charge in [-0.15, -0.1) is 0 Å². The first-order valence-corrected chi connectivity index (χ1v) is 8.74. The average molecular weight is 338 g/mol. The third-order valence-electron chi connectivity index (χ3n) is 3.59. The van der Waals surface area contributed by atoms with E-state index in [1.54, 1.807) is 4.90 Å². The molecule has 0 bridgehead atoms. The summed E-state index contributed by atoms with van der Waals surface area (Å²) in [6, 6.07) is 5.95. The van der Waals surface area contributed by atoms with Crippen molar-refractivity contribution in [3.63, 3.8) is 0 Å². The number of rotatable bonds is 3. The van der Waals surface area contributed by atoms with Crippen LogP contribution in [0.4, 0.5) is 5.69 Å². The molecule has 1 fully saturated rings. The highest BCUT2D eigenvalue weighted by atomic mass is 32.2. The highest BCUT2D eigenvalue weighted by Crippen LogP contribution is 2.26. The minimum atomic E-state index is -3.77. The van der Waals surface area contributed by atoms with Crippen molar-refractivity contribution in [3.05, 3.63) is 24.3 Å². The maximum absolute atomic E-state index is 12.7. The molecule has 0 unspecified atom stereocenters. The highest BCUT2D eigenvalue weighted by molar-refractivity contribution is 7.89. The lowest BCUT2D eigenvalue weighted by atomic mass is 10.1. The van der Waals surface area contributed by atoms with E-state index in [4.69, 9.17) is 5.41 Å². The standard InChI is InChI=1S/C15H22N4O3S/c1-11(20)17-12-5-7-13(8-6-12)23(21,22)19-10-9-18(14(19)16)15(2,3)4/h5-8,16H,9-10H2,1-4H3,(H,17,20). The smallest absolute Gasteiger partial charge is 0.266 e. The Hall–Kier alpha value is -2.09. The molecule has 0 aromatic heterocycles. The number of anilines is 1. The van der Waals surface area contributed by atoms with Gasteiger partial charge in [-0.1, -0.05) is 0 Å². The lowest BCUT2D eigenvalue weighted by Crippen LogP contribution is -2.45. The number of carbonyl (C=O) groups excluding carboxylic acids is 1. The number of nitrogens with zero attached hydrogens (tertiary/aromatic N) is 2. The maximum Gasteiger partial charge on any atom is 0.266 e. The fourth-order valence-corrected chi connectivity index (χ4v) is 3.85. The normalized spacial score (nSPS) is 15.9.